The van der Waals surface area contributed by atoms with Gasteiger partial charge >= 0.3 is 0 Å². The third-order valence-electron chi connectivity index (χ3n) is 4.96. The molecule has 29 heavy (non-hydrogen) atoms. The van der Waals surface area contributed by atoms with Crippen molar-refractivity contribution in [2.75, 3.05) is 7.11 Å². The van der Waals surface area contributed by atoms with Crippen LogP contribution in [0.15, 0.2) is 48.5 Å². The molecule has 0 aliphatic carbocycles. The SMILES string of the molecule is COc1ccc(C(N)=O)c(-c2c(Cl)c(F)cc3c2CC(c2ccccc2)O3)c1F. The summed E-state index contributed by atoms with van der Waals surface area (Å²) in [6.07, 6.45) is -0.0719. The minimum Gasteiger partial charge on any atom is -0.494 e. The third kappa shape index (κ3) is 3.19. The van der Waals surface area contributed by atoms with Gasteiger partial charge in [-0.3, -0.25) is 4.79 Å². The van der Waals surface area contributed by atoms with Crippen molar-refractivity contribution in [3.8, 4) is 22.6 Å². The first-order chi connectivity index (χ1) is 13.9. The van der Waals surface area contributed by atoms with E-state index < -0.39 is 23.6 Å². The van der Waals surface area contributed by atoms with Gasteiger partial charge in [0.1, 0.15) is 17.7 Å². The Hall–Kier alpha value is -3.12. The van der Waals surface area contributed by atoms with Crippen molar-refractivity contribution in [2.45, 2.75) is 12.5 Å². The number of carbonyl (C=O) groups is 1. The number of rotatable bonds is 4. The maximum atomic E-state index is 15.2. The van der Waals surface area contributed by atoms with E-state index in [1.807, 2.05) is 30.3 Å². The number of hydrogen-bond acceptors (Lipinski definition) is 3. The lowest BCUT2D eigenvalue weighted by molar-refractivity contribution is 0.100. The highest BCUT2D eigenvalue weighted by Crippen LogP contribution is 2.48. The van der Waals surface area contributed by atoms with Gasteiger partial charge in [-0.05, 0) is 17.7 Å². The Labute approximate surface area is 170 Å². The number of hydrogen-bond donors (Lipinski definition) is 1. The van der Waals surface area contributed by atoms with Crippen molar-refractivity contribution < 1.29 is 23.0 Å². The number of ether oxygens (including phenoxy) is 2. The second kappa shape index (κ2) is 7.37. The summed E-state index contributed by atoms with van der Waals surface area (Å²) in [7, 11) is 1.29. The second-order valence-electron chi connectivity index (χ2n) is 6.61. The molecule has 1 aliphatic heterocycles. The van der Waals surface area contributed by atoms with Crippen LogP contribution in [0.25, 0.3) is 11.1 Å². The fourth-order valence-electron chi connectivity index (χ4n) is 3.61. The van der Waals surface area contributed by atoms with E-state index in [1.54, 1.807) is 0 Å². The van der Waals surface area contributed by atoms with E-state index >= 15 is 4.39 Å². The lowest BCUT2D eigenvalue weighted by Crippen LogP contribution is -2.14. The molecule has 3 aromatic rings. The van der Waals surface area contributed by atoms with Crippen LogP contribution in [0, 0.1) is 11.6 Å². The molecule has 4 rings (SSSR count). The maximum Gasteiger partial charge on any atom is 0.249 e. The Morgan fingerprint density at radius 2 is 1.90 bits per heavy atom. The van der Waals surface area contributed by atoms with Crippen LogP contribution in [0.4, 0.5) is 8.78 Å². The number of amides is 1. The smallest absolute Gasteiger partial charge is 0.249 e. The van der Waals surface area contributed by atoms with Gasteiger partial charge in [0.25, 0.3) is 0 Å². The summed E-state index contributed by atoms with van der Waals surface area (Å²) in [6.45, 7) is 0. The molecule has 1 atom stereocenters. The number of fused-ring (bicyclic) bond motifs is 1. The van der Waals surface area contributed by atoms with Crippen LogP contribution >= 0.6 is 11.6 Å². The number of halogens is 3. The van der Waals surface area contributed by atoms with Crippen LogP contribution in [0.2, 0.25) is 5.02 Å². The van der Waals surface area contributed by atoms with E-state index in [-0.39, 0.29) is 33.2 Å². The van der Waals surface area contributed by atoms with Crippen molar-refractivity contribution in [1.29, 1.82) is 0 Å². The molecule has 0 bridgehead atoms. The number of methoxy groups -OCH3 is 1. The molecule has 2 N–H and O–H groups in total. The highest BCUT2D eigenvalue weighted by atomic mass is 35.5. The van der Waals surface area contributed by atoms with Crippen LogP contribution < -0.4 is 15.2 Å². The van der Waals surface area contributed by atoms with Gasteiger partial charge in [-0.25, -0.2) is 8.78 Å². The summed E-state index contributed by atoms with van der Waals surface area (Å²) in [5, 5.41) is -0.310. The van der Waals surface area contributed by atoms with E-state index in [2.05, 4.69) is 0 Å². The predicted molar refractivity (Wildman–Crippen MR) is 105 cm³/mol. The van der Waals surface area contributed by atoms with E-state index in [1.165, 1.54) is 25.3 Å². The van der Waals surface area contributed by atoms with Crippen LogP contribution in [-0.2, 0) is 6.42 Å². The summed E-state index contributed by atoms with van der Waals surface area (Å²) >= 11 is 6.26. The first-order valence-corrected chi connectivity index (χ1v) is 9.19. The summed E-state index contributed by atoms with van der Waals surface area (Å²) in [5.74, 6) is -2.37. The molecule has 0 fully saturated rings. The van der Waals surface area contributed by atoms with Crippen molar-refractivity contribution in [1.82, 2.24) is 0 Å². The zero-order valence-corrected chi connectivity index (χ0v) is 16.1. The van der Waals surface area contributed by atoms with Crippen molar-refractivity contribution >= 4 is 17.5 Å². The highest BCUT2D eigenvalue weighted by Gasteiger charge is 2.33. The lowest BCUT2D eigenvalue weighted by Gasteiger charge is -2.16. The standard InChI is InChI=1S/C22H16ClF2NO3/c1-28-15-8-7-12(22(26)27)19(21(15)25)18-13-9-16(11-5-3-2-4-6-11)29-17(13)10-14(24)20(18)23/h2-8,10,16H,9H2,1H3,(H2,26,27). The average Bonchev–Trinajstić information content (AvgIpc) is 3.13. The van der Waals surface area contributed by atoms with Crippen LogP contribution in [0.3, 0.4) is 0 Å². The quantitative estimate of drug-likeness (QED) is 0.647. The first-order valence-electron chi connectivity index (χ1n) is 8.81. The van der Waals surface area contributed by atoms with Crippen molar-refractivity contribution in [2.24, 2.45) is 5.73 Å². The molecule has 148 valence electrons. The molecular formula is C22H16ClF2NO3. The largest absolute Gasteiger partial charge is 0.494 e. The lowest BCUT2D eigenvalue weighted by atomic mass is 9.91. The molecule has 4 nitrogen and oxygen atoms in total. The average molecular weight is 416 g/mol. The Morgan fingerprint density at radius 3 is 2.55 bits per heavy atom. The normalized spacial score (nSPS) is 15.0. The molecular weight excluding hydrogens is 400 g/mol. The van der Waals surface area contributed by atoms with Gasteiger partial charge < -0.3 is 15.2 Å². The summed E-state index contributed by atoms with van der Waals surface area (Å²) < 4.78 is 40.8. The van der Waals surface area contributed by atoms with E-state index in [0.717, 1.165) is 5.56 Å². The summed E-state index contributed by atoms with van der Waals surface area (Å²) in [5.41, 5.74) is 6.55. The third-order valence-corrected chi connectivity index (χ3v) is 5.33. The topological polar surface area (TPSA) is 61.5 Å². The number of primary amides is 1. The molecule has 1 amide bonds. The summed E-state index contributed by atoms with van der Waals surface area (Å²) in [4.78, 5) is 12.0. The molecule has 0 saturated heterocycles. The minimum absolute atomic E-state index is 0.0466. The zero-order valence-electron chi connectivity index (χ0n) is 15.3. The number of benzene rings is 3. The fourth-order valence-corrected chi connectivity index (χ4v) is 3.87. The van der Waals surface area contributed by atoms with Gasteiger partial charge in [0.2, 0.25) is 5.91 Å². The van der Waals surface area contributed by atoms with Crippen LogP contribution in [-0.4, -0.2) is 13.0 Å². The Kier molecular flexibility index (Phi) is 4.88. The van der Waals surface area contributed by atoms with E-state index in [4.69, 9.17) is 26.8 Å². The van der Waals surface area contributed by atoms with Crippen LogP contribution in [0.1, 0.15) is 27.6 Å². The predicted octanol–water partition coefficient (Wildman–Crippen LogP) is 5.07. The first kappa shape index (κ1) is 19.2. The monoisotopic (exact) mass is 415 g/mol. The van der Waals surface area contributed by atoms with Crippen molar-refractivity contribution in [3.63, 3.8) is 0 Å². The van der Waals surface area contributed by atoms with Crippen molar-refractivity contribution in [3.05, 3.63) is 81.9 Å². The molecule has 1 heterocycles. The Bertz CT molecular complexity index is 1120. The molecule has 1 aliphatic rings. The molecule has 7 heteroatoms. The van der Waals surface area contributed by atoms with Gasteiger partial charge in [0, 0.05) is 29.2 Å². The molecule has 0 spiro atoms. The van der Waals surface area contributed by atoms with Crippen LogP contribution in [0.5, 0.6) is 11.5 Å². The Balaban J connectivity index is 1.96. The van der Waals surface area contributed by atoms with Gasteiger partial charge in [-0.15, -0.1) is 0 Å². The zero-order chi connectivity index (χ0) is 20.7. The van der Waals surface area contributed by atoms with Gasteiger partial charge in [0.05, 0.1) is 17.7 Å². The number of carbonyl (C=O) groups excluding carboxylic acids is 1. The number of nitrogens with two attached hydrogens (primary N) is 1. The summed E-state index contributed by atoms with van der Waals surface area (Å²) in [6, 6.07) is 13.2. The Morgan fingerprint density at radius 1 is 1.17 bits per heavy atom. The fraction of sp³-hybridized carbons (Fsp3) is 0.136. The highest BCUT2D eigenvalue weighted by molar-refractivity contribution is 6.34. The molecule has 0 aromatic heterocycles. The van der Waals surface area contributed by atoms with E-state index in [0.29, 0.717) is 12.0 Å². The molecule has 0 saturated carbocycles. The van der Waals surface area contributed by atoms with Gasteiger partial charge in [-0.1, -0.05) is 41.9 Å². The van der Waals surface area contributed by atoms with Gasteiger partial charge in [-0.2, -0.15) is 0 Å². The molecule has 3 aromatic carbocycles. The minimum atomic E-state index is -0.867. The second-order valence-corrected chi connectivity index (χ2v) is 6.99. The maximum absolute atomic E-state index is 15.2. The molecule has 1 unspecified atom stereocenters. The van der Waals surface area contributed by atoms with Gasteiger partial charge in [0.15, 0.2) is 11.6 Å². The van der Waals surface area contributed by atoms with E-state index in [9.17, 15) is 9.18 Å². The molecule has 0 radical (unpaired) electrons.